The van der Waals surface area contributed by atoms with Gasteiger partial charge in [-0.25, -0.2) is 0 Å². The Bertz CT molecular complexity index is 931. The van der Waals surface area contributed by atoms with Crippen molar-refractivity contribution in [1.82, 2.24) is 10.2 Å². The minimum Gasteiger partial charge on any atom is -0.486 e. The van der Waals surface area contributed by atoms with Gasteiger partial charge >= 0.3 is 6.18 Å². The van der Waals surface area contributed by atoms with Crippen molar-refractivity contribution in [3.8, 4) is 5.75 Å². The van der Waals surface area contributed by atoms with Crippen molar-refractivity contribution in [2.75, 3.05) is 26.3 Å². The van der Waals surface area contributed by atoms with Gasteiger partial charge in [-0.3, -0.25) is 9.59 Å². The number of fused-ring (bicyclic) bond motifs is 3. The number of ether oxygens (including phenoxy) is 2. The molecule has 1 unspecified atom stereocenters. The fourth-order valence-electron chi connectivity index (χ4n) is 4.67. The first-order valence-corrected chi connectivity index (χ1v) is 10.7. The van der Waals surface area contributed by atoms with Crippen molar-refractivity contribution in [3.05, 3.63) is 41.5 Å². The second-order valence-electron chi connectivity index (χ2n) is 8.26. The van der Waals surface area contributed by atoms with Crippen molar-refractivity contribution < 1.29 is 42.4 Å². The van der Waals surface area contributed by atoms with Crippen LogP contribution in [0.5, 0.6) is 5.75 Å². The van der Waals surface area contributed by atoms with E-state index in [2.05, 4.69) is 5.32 Å². The topological polar surface area (TPSA) is 108 Å². The highest BCUT2D eigenvalue weighted by Gasteiger charge is 2.52. The third kappa shape index (κ3) is 4.71. The van der Waals surface area contributed by atoms with Crippen LogP contribution in [0.3, 0.4) is 0 Å². The molecule has 1 aromatic rings. The summed E-state index contributed by atoms with van der Waals surface area (Å²) in [5.41, 5.74) is 0.680. The van der Waals surface area contributed by atoms with E-state index in [4.69, 9.17) is 14.6 Å². The molecule has 3 N–H and O–H groups in total. The van der Waals surface area contributed by atoms with Crippen LogP contribution >= 0.6 is 0 Å². The fourth-order valence-corrected chi connectivity index (χ4v) is 4.67. The zero-order valence-corrected chi connectivity index (χ0v) is 17.6. The van der Waals surface area contributed by atoms with Crippen molar-refractivity contribution >= 4 is 11.8 Å². The van der Waals surface area contributed by atoms with Crippen molar-refractivity contribution in [2.45, 2.75) is 49.3 Å². The number of nitrogens with one attached hydrogen (secondary N) is 1. The number of alkyl halides is 3. The van der Waals surface area contributed by atoms with Crippen LogP contribution in [-0.2, 0) is 14.3 Å². The van der Waals surface area contributed by atoms with E-state index in [9.17, 15) is 27.9 Å². The number of hydrogen-bond donors (Lipinski definition) is 3. The summed E-state index contributed by atoms with van der Waals surface area (Å²) in [4.78, 5) is 26.5. The van der Waals surface area contributed by atoms with Gasteiger partial charge in [0, 0.05) is 24.3 Å². The Morgan fingerprint density at radius 1 is 1.24 bits per heavy atom. The minimum atomic E-state index is -4.74. The van der Waals surface area contributed by atoms with Crippen LogP contribution in [0.25, 0.3) is 0 Å². The molecule has 0 aromatic heterocycles. The smallest absolute Gasteiger partial charge is 0.406 e. The molecule has 33 heavy (non-hydrogen) atoms. The molecule has 1 saturated heterocycles. The number of para-hydroxylation sites is 1. The van der Waals surface area contributed by atoms with Gasteiger partial charge in [0.25, 0.3) is 5.91 Å². The first kappa shape index (κ1) is 23.5. The van der Waals surface area contributed by atoms with Gasteiger partial charge in [0.2, 0.25) is 5.91 Å². The molecule has 5 atom stereocenters. The van der Waals surface area contributed by atoms with E-state index >= 15 is 0 Å². The number of hydrogen-bond acceptors (Lipinski definition) is 6. The molecule has 4 rings (SSSR count). The molecule has 3 aliphatic rings. The number of aliphatic hydroxyl groups is 2. The normalized spacial score (nSPS) is 28.4. The van der Waals surface area contributed by atoms with Gasteiger partial charge in [-0.05, 0) is 25.0 Å². The molecule has 0 radical (unpaired) electrons. The van der Waals surface area contributed by atoms with E-state index in [1.54, 1.807) is 24.3 Å². The minimum absolute atomic E-state index is 0.0651. The number of carbonyl (C=O) groups is 2. The van der Waals surface area contributed by atoms with Gasteiger partial charge in [0.05, 0.1) is 18.6 Å². The number of aliphatic hydroxyl groups excluding tert-OH is 2. The summed E-state index contributed by atoms with van der Waals surface area (Å²) >= 11 is 0. The molecule has 8 nitrogen and oxygen atoms in total. The van der Waals surface area contributed by atoms with Crippen LogP contribution in [0.15, 0.2) is 35.9 Å². The van der Waals surface area contributed by atoms with Gasteiger partial charge < -0.3 is 29.9 Å². The van der Waals surface area contributed by atoms with Crippen LogP contribution in [-0.4, -0.2) is 83.8 Å². The second-order valence-corrected chi connectivity index (χ2v) is 8.26. The average Bonchev–Trinajstić information content (AvgIpc) is 3.44. The first-order chi connectivity index (χ1) is 15.7. The Hall–Kier alpha value is -2.63. The van der Waals surface area contributed by atoms with E-state index < -0.39 is 54.8 Å². The molecule has 0 spiro atoms. The predicted octanol–water partition coefficient (Wildman–Crippen LogP) is 0.879. The molecule has 1 aliphatic carbocycles. The quantitative estimate of drug-likeness (QED) is 0.570. The lowest BCUT2D eigenvalue weighted by Crippen LogP contribution is -2.59. The molecule has 1 fully saturated rings. The zero-order valence-electron chi connectivity index (χ0n) is 17.6. The zero-order chi connectivity index (χ0) is 23.8. The summed E-state index contributed by atoms with van der Waals surface area (Å²) < 4.78 is 51.6. The maximum absolute atomic E-state index is 13.5. The molecule has 2 amide bonds. The number of carbonyl (C=O) groups excluding carboxylic acids is 2. The number of rotatable bonds is 6. The number of benzene rings is 1. The van der Waals surface area contributed by atoms with Gasteiger partial charge in [0.15, 0.2) is 0 Å². The summed E-state index contributed by atoms with van der Waals surface area (Å²) in [7, 11) is 0. The molecule has 0 bridgehead atoms. The Balaban J connectivity index is 1.75. The average molecular weight is 470 g/mol. The molecule has 2 aliphatic heterocycles. The van der Waals surface area contributed by atoms with E-state index in [0.29, 0.717) is 22.6 Å². The molecule has 1 aromatic carbocycles. The lowest BCUT2D eigenvalue weighted by molar-refractivity contribution is -0.175. The Labute approximate surface area is 188 Å². The number of nitrogens with zero attached hydrogens (tertiary/aromatic N) is 1. The van der Waals surface area contributed by atoms with Gasteiger partial charge in [-0.1, -0.05) is 18.2 Å². The van der Waals surface area contributed by atoms with Crippen LogP contribution in [0, 0.1) is 0 Å². The molecular weight excluding hydrogens is 445 g/mol. The Morgan fingerprint density at radius 3 is 2.67 bits per heavy atom. The van der Waals surface area contributed by atoms with Crippen molar-refractivity contribution in [2.24, 2.45) is 0 Å². The molecule has 2 heterocycles. The standard InChI is InChI=1S/C22H25F3N2O6/c23-22(24,25)11-27(21(31)16-6-3-9-32-16)14-10-13(20(30)26-7-8-28)17-12-4-1-2-5-15(12)33-19(17)18(14)29/h1-2,4-5,10,14,16-19,28-29H,3,6-9,11H2,(H,26,30)/t14-,16?,17+,18+,19+/m1/s1. The molecule has 180 valence electrons. The number of halogens is 3. The lowest BCUT2D eigenvalue weighted by atomic mass is 9.77. The highest BCUT2D eigenvalue weighted by Crippen LogP contribution is 2.47. The predicted molar refractivity (Wildman–Crippen MR) is 108 cm³/mol. The SMILES string of the molecule is O=C(NCCO)C1=C[C@@H](N(CC(F)(F)F)C(=O)C2CCCO2)[C@H](O)[C@H]2Oc3ccccc3[C@@H]12. The Morgan fingerprint density at radius 2 is 2.00 bits per heavy atom. The van der Waals surface area contributed by atoms with Crippen LogP contribution in [0.2, 0.25) is 0 Å². The van der Waals surface area contributed by atoms with Crippen LogP contribution in [0.1, 0.15) is 24.3 Å². The van der Waals surface area contributed by atoms with E-state index in [1.165, 1.54) is 6.08 Å². The second kappa shape index (κ2) is 9.32. The van der Waals surface area contributed by atoms with E-state index in [1.807, 2.05) is 0 Å². The van der Waals surface area contributed by atoms with Gasteiger partial charge in [-0.15, -0.1) is 0 Å². The summed E-state index contributed by atoms with van der Waals surface area (Å²) in [6.45, 7) is -1.74. The lowest BCUT2D eigenvalue weighted by Gasteiger charge is -2.41. The van der Waals surface area contributed by atoms with Crippen LogP contribution < -0.4 is 10.1 Å². The van der Waals surface area contributed by atoms with Gasteiger partial charge in [0.1, 0.15) is 30.6 Å². The molecular formula is C22H25F3N2O6. The summed E-state index contributed by atoms with van der Waals surface area (Å²) in [5.74, 6) is -1.85. The van der Waals surface area contributed by atoms with E-state index in [-0.39, 0.29) is 31.8 Å². The van der Waals surface area contributed by atoms with Crippen LogP contribution in [0.4, 0.5) is 13.2 Å². The summed E-state index contributed by atoms with van der Waals surface area (Å²) in [6.07, 6.45) is -6.35. The summed E-state index contributed by atoms with van der Waals surface area (Å²) in [6, 6.07) is 5.32. The summed E-state index contributed by atoms with van der Waals surface area (Å²) in [5, 5.41) is 22.7. The largest absolute Gasteiger partial charge is 0.486 e. The maximum Gasteiger partial charge on any atom is 0.406 e. The van der Waals surface area contributed by atoms with Crippen molar-refractivity contribution in [3.63, 3.8) is 0 Å². The Kier molecular flexibility index (Phi) is 6.64. The molecule has 11 heteroatoms. The van der Waals surface area contributed by atoms with E-state index in [0.717, 1.165) is 0 Å². The third-order valence-corrected chi connectivity index (χ3v) is 6.07. The number of amides is 2. The first-order valence-electron chi connectivity index (χ1n) is 10.7. The molecule has 0 saturated carbocycles. The fraction of sp³-hybridized carbons (Fsp3) is 0.545. The highest BCUT2D eigenvalue weighted by molar-refractivity contribution is 5.96. The van der Waals surface area contributed by atoms with Gasteiger partial charge in [-0.2, -0.15) is 13.2 Å². The maximum atomic E-state index is 13.5. The highest BCUT2D eigenvalue weighted by atomic mass is 19.4. The van der Waals surface area contributed by atoms with Crippen molar-refractivity contribution in [1.29, 1.82) is 0 Å². The monoisotopic (exact) mass is 470 g/mol. The third-order valence-electron chi connectivity index (χ3n) is 6.07.